The first-order chi connectivity index (χ1) is 14.4. The van der Waals surface area contributed by atoms with E-state index in [9.17, 15) is 26.4 Å². The standard InChI is InChI=1S/C20H22ClF3N2O4S/c1-13(2)8-9-25-19(27)12-30-18-7-6-16(11-17(18)21)31(28,29)26-15-5-3-4-14(10-15)20(22,23)24/h3-7,10-11,13,26H,8-9,12H2,1-2H3,(H,25,27). The van der Waals surface area contributed by atoms with Gasteiger partial charge in [0.15, 0.2) is 6.61 Å². The second kappa shape index (κ2) is 10.2. The average molecular weight is 479 g/mol. The van der Waals surface area contributed by atoms with E-state index in [-0.39, 0.29) is 33.9 Å². The first kappa shape index (κ1) is 24.8. The molecule has 0 heterocycles. The number of ether oxygens (including phenoxy) is 1. The van der Waals surface area contributed by atoms with Crippen molar-refractivity contribution in [3.05, 3.63) is 53.1 Å². The van der Waals surface area contributed by atoms with E-state index in [1.807, 2.05) is 13.8 Å². The van der Waals surface area contributed by atoms with Gasteiger partial charge in [0, 0.05) is 12.2 Å². The number of halogens is 4. The summed E-state index contributed by atoms with van der Waals surface area (Å²) in [6, 6.07) is 7.34. The molecule has 0 aliphatic rings. The maximum Gasteiger partial charge on any atom is 0.416 e. The Kier molecular flexibility index (Phi) is 8.19. The molecule has 0 aliphatic carbocycles. The van der Waals surface area contributed by atoms with Crippen LogP contribution in [0.4, 0.5) is 18.9 Å². The van der Waals surface area contributed by atoms with E-state index in [1.165, 1.54) is 18.2 Å². The molecule has 1 amide bonds. The predicted octanol–water partition coefficient (Wildman–Crippen LogP) is 4.70. The molecule has 11 heteroatoms. The van der Waals surface area contributed by atoms with Crippen molar-refractivity contribution in [1.29, 1.82) is 0 Å². The van der Waals surface area contributed by atoms with Gasteiger partial charge in [-0.25, -0.2) is 8.42 Å². The van der Waals surface area contributed by atoms with Crippen LogP contribution in [0.25, 0.3) is 0 Å². The zero-order valence-electron chi connectivity index (χ0n) is 16.8. The smallest absolute Gasteiger partial charge is 0.416 e. The summed E-state index contributed by atoms with van der Waals surface area (Å²) in [5, 5.41) is 2.62. The van der Waals surface area contributed by atoms with Crippen LogP contribution >= 0.6 is 11.6 Å². The number of anilines is 1. The fourth-order valence-electron chi connectivity index (χ4n) is 2.43. The van der Waals surface area contributed by atoms with Gasteiger partial charge in [0.1, 0.15) is 5.75 Å². The van der Waals surface area contributed by atoms with Crippen molar-refractivity contribution in [2.24, 2.45) is 5.92 Å². The van der Waals surface area contributed by atoms with Crippen molar-refractivity contribution in [3.63, 3.8) is 0 Å². The number of hydrogen-bond acceptors (Lipinski definition) is 4. The lowest BCUT2D eigenvalue weighted by atomic mass is 10.1. The minimum Gasteiger partial charge on any atom is -0.482 e. The fraction of sp³-hybridized carbons (Fsp3) is 0.350. The summed E-state index contributed by atoms with van der Waals surface area (Å²) in [4.78, 5) is 11.5. The van der Waals surface area contributed by atoms with E-state index in [4.69, 9.17) is 16.3 Å². The van der Waals surface area contributed by atoms with E-state index < -0.39 is 21.8 Å². The Balaban J connectivity index is 2.05. The topological polar surface area (TPSA) is 84.5 Å². The Labute approximate surface area is 183 Å². The van der Waals surface area contributed by atoms with Crippen LogP contribution < -0.4 is 14.8 Å². The van der Waals surface area contributed by atoms with Gasteiger partial charge in [-0.3, -0.25) is 9.52 Å². The second-order valence-corrected chi connectivity index (χ2v) is 9.19. The van der Waals surface area contributed by atoms with E-state index in [0.717, 1.165) is 24.6 Å². The van der Waals surface area contributed by atoms with Gasteiger partial charge in [0.2, 0.25) is 0 Å². The summed E-state index contributed by atoms with van der Waals surface area (Å²) in [5.41, 5.74) is -1.23. The maximum absolute atomic E-state index is 12.8. The van der Waals surface area contributed by atoms with Crippen LogP contribution in [-0.2, 0) is 21.0 Å². The molecule has 0 saturated carbocycles. The zero-order chi connectivity index (χ0) is 23.2. The molecule has 0 radical (unpaired) electrons. The Morgan fingerprint density at radius 1 is 1.16 bits per heavy atom. The summed E-state index contributed by atoms with van der Waals surface area (Å²) in [5.74, 6) is 0.188. The van der Waals surface area contributed by atoms with Crippen LogP contribution in [0.2, 0.25) is 5.02 Å². The monoisotopic (exact) mass is 478 g/mol. The molecular weight excluding hydrogens is 457 g/mol. The van der Waals surface area contributed by atoms with Gasteiger partial charge in [-0.1, -0.05) is 31.5 Å². The molecule has 0 bridgehead atoms. The molecule has 0 unspecified atom stereocenters. The SMILES string of the molecule is CC(C)CCNC(=O)COc1ccc(S(=O)(=O)Nc2cccc(C(F)(F)F)c2)cc1Cl. The van der Waals surface area contributed by atoms with E-state index in [0.29, 0.717) is 18.5 Å². The zero-order valence-corrected chi connectivity index (χ0v) is 18.4. The molecule has 31 heavy (non-hydrogen) atoms. The minimum atomic E-state index is -4.61. The summed E-state index contributed by atoms with van der Waals surface area (Å²) in [6.07, 6.45) is -3.79. The highest BCUT2D eigenvalue weighted by molar-refractivity contribution is 7.92. The highest BCUT2D eigenvalue weighted by Crippen LogP contribution is 2.32. The fourth-order valence-corrected chi connectivity index (χ4v) is 3.81. The first-order valence-corrected chi connectivity index (χ1v) is 11.1. The lowest BCUT2D eigenvalue weighted by Gasteiger charge is -2.13. The number of carbonyl (C=O) groups excluding carboxylic acids is 1. The van der Waals surface area contributed by atoms with Gasteiger partial charge in [-0.15, -0.1) is 0 Å². The molecule has 0 aliphatic heterocycles. The van der Waals surface area contributed by atoms with Crippen molar-refractivity contribution in [1.82, 2.24) is 5.32 Å². The van der Waals surface area contributed by atoms with Crippen molar-refractivity contribution in [3.8, 4) is 5.75 Å². The molecule has 2 rings (SSSR count). The summed E-state index contributed by atoms with van der Waals surface area (Å²) >= 11 is 6.06. The van der Waals surface area contributed by atoms with Crippen LogP contribution in [-0.4, -0.2) is 27.5 Å². The average Bonchev–Trinajstić information content (AvgIpc) is 2.66. The van der Waals surface area contributed by atoms with Crippen LogP contribution in [0.1, 0.15) is 25.8 Å². The second-order valence-electron chi connectivity index (χ2n) is 7.10. The summed E-state index contributed by atoms with van der Waals surface area (Å²) in [6.45, 7) is 4.26. The lowest BCUT2D eigenvalue weighted by Crippen LogP contribution is -2.30. The number of carbonyl (C=O) groups is 1. The van der Waals surface area contributed by atoms with E-state index in [1.54, 1.807) is 0 Å². The van der Waals surface area contributed by atoms with Gasteiger partial charge in [0.25, 0.3) is 15.9 Å². The van der Waals surface area contributed by atoms with Crippen molar-refractivity contribution in [2.45, 2.75) is 31.3 Å². The number of sulfonamides is 1. The van der Waals surface area contributed by atoms with Crippen molar-refractivity contribution < 1.29 is 31.1 Å². The largest absolute Gasteiger partial charge is 0.482 e. The number of benzene rings is 2. The minimum absolute atomic E-state index is 0.0677. The molecule has 170 valence electrons. The molecule has 2 N–H and O–H groups in total. The van der Waals surface area contributed by atoms with Crippen molar-refractivity contribution in [2.75, 3.05) is 17.9 Å². The Hall–Kier alpha value is -2.46. The Morgan fingerprint density at radius 2 is 1.87 bits per heavy atom. The summed E-state index contributed by atoms with van der Waals surface area (Å²) < 4.78 is 70.9. The van der Waals surface area contributed by atoms with Crippen molar-refractivity contribution >= 4 is 33.2 Å². The van der Waals surface area contributed by atoms with Gasteiger partial charge < -0.3 is 10.1 Å². The number of rotatable bonds is 9. The Bertz CT molecular complexity index is 1030. The van der Waals surface area contributed by atoms with Gasteiger partial charge in [-0.2, -0.15) is 13.2 Å². The van der Waals surface area contributed by atoms with E-state index >= 15 is 0 Å². The lowest BCUT2D eigenvalue weighted by molar-refractivity contribution is -0.137. The molecule has 6 nitrogen and oxygen atoms in total. The molecule has 0 aromatic heterocycles. The number of nitrogens with one attached hydrogen (secondary N) is 2. The third-order valence-corrected chi connectivity index (χ3v) is 5.73. The number of hydrogen-bond donors (Lipinski definition) is 2. The van der Waals surface area contributed by atoms with Gasteiger partial charge in [0.05, 0.1) is 15.5 Å². The van der Waals surface area contributed by atoms with Gasteiger partial charge in [-0.05, 0) is 48.7 Å². The third kappa shape index (κ3) is 7.62. The number of alkyl halides is 3. The molecule has 0 atom stereocenters. The summed E-state index contributed by atoms with van der Waals surface area (Å²) in [7, 11) is -4.20. The molecular formula is C20H22ClF3N2O4S. The van der Waals surface area contributed by atoms with Crippen LogP contribution in [0, 0.1) is 5.92 Å². The third-order valence-electron chi connectivity index (χ3n) is 4.06. The molecule has 0 fully saturated rings. The van der Waals surface area contributed by atoms with Crippen LogP contribution in [0.3, 0.4) is 0 Å². The highest BCUT2D eigenvalue weighted by atomic mass is 35.5. The molecule has 2 aromatic carbocycles. The highest BCUT2D eigenvalue weighted by Gasteiger charge is 2.30. The van der Waals surface area contributed by atoms with E-state index in [2.05, 4.69) is 10.0 Å². The Morgan fingerprint density at radius 3 is 2.48 bits per heavy atom. The van der Waals surface area contributed by atoms with Crippen LogP contribution in [0.15, 0.2) is 47.4 Å². The molecule has 0 saturated heterocycles. The molecule has 0 spiro atoms. The molecule has 2 aromatic rings. The maximum atomic E-state index is 12.8. The predicted molar refractivity (Wildman–Crippen MR) is 112 cm³/mol. The number of amides is 1. The first-order valence-electron chi connectivity index (χ1n) is 9.27. The van der Waals surface area contributed by atoms with Crippen LogP contribution in [0.5, 0.6) is 5.75 Å². The van der Waals surface area contributed by atoms with Gasteiger partial charge >= 0.3 is 6.18 Å². The quantitative estimate of drug-likeness (QED) is 0.547. The normalized spacial score (nSPS) is 12.0.